The van der Waals surface area contributed by atoms with Crippen molar-refractivity contribution in [2.24, 2.45) is 5.92 Å². The van der Waals surface area contributed by atoms with Gasteiger partial charge in [-0.1, -0.05) is 11.6 Å². The number of carbonyl (C=O) groups excluding carboxylic acids is 1. The minimum Gasteiger partial charge on any atom is -0.478 e. The van der Waals surface area contributed by atoms with Crippen LogP contribution in [0.15, 0.2) is 18.2 Å². The molecular formula is C12H12ClNO4. The molecule has 0 aromatic heterocycles. The standard InChI is InChI=1S/C12H12ClNO4/c13-9-4-8(12(17)18)1-2-10(9)14-5-7(6-15)3-11(14)16/h1-2,4,7,15H,3,5-6H2,(H,17,18). The van der Waals surface area contributed by atoms with E-state index in [2.05, 4.69) is 0 Å². The quantitative estimate of drug-likeness (QED) is 0.869. The number of anilines is 1. The first-order valence-electron chi connectivity index (χ1n) is 5.47. The average Bonchev–Trinajstić information content (AvgIpc) is 2.70. The monoisotopic (exact) mass is 269 g/mol. The van der Waals surface area contributed by atoms with Gasteiger partial charge in [0.1, 0.15) is 0 Å². The van der Waals surface area contributed by atoms with Crippen molar-refractivity contribution < 1.29 is 19.8 Å². The third-order valence-electron chi connectivity index (χ3n) is 2.95. The number of carboxylic acid groups (broad SMARTS) is 1. The summed E-state index contributed by atoms with van der Waals surface area (Å²) in [5.74, 6) is -1.27. The molecule has 0 saturated carbocycles. The Hall–Kier alpha value is -1.59. The van der Waals surface area contributed by atoms with Gasteiger partial charge in [0.2, 0.25) is 5.91 Å². The molecule has 1 unspecified atom stereocenters. The Morgan fingerprint density at radius 3 is 2.72 bits per heavy atom. The Bertz CT molecular complexity index is 503. The first-order valence-corrected chi connectivity index (χ1v) is 5.84. The van der Waals surface area contributed by atoms with Gasteiger partial charge in [-0.3, -0.25) is 4.79 Å². The van der Waals surface area contributed by atoms with Crippen molar-refractivity contribution in [3.05, 3.63) is 28.8 Å². The van der Waals surface area contributed by atoms with Gasteiger partial charge in [0.25, 0.3) is 0 Å². The molecule has 1 aromatic rings. The Kier molecular flexibility index (Phi) is 3.54. The van der Waals surface area contributed by atoms with Crippen LogP contribution in [0, 0.1) is 5.92 Å². The first kappa shape index (κ1) is 12.9. The number of benzene rings is 1. The van der Waals surface area contributed by atoms with Crippen molar-refractivity contribution in [1.29, 1.82) is 0 Å². The van der Waals surface area contributed by atoms with Crippen LogP contribution in [0.5, 0.6) is 0 Å². The van der Waals surface area contributed by atoms with Gasteiger partial charge in [0, 0.05) is 25.5 Å². The molecule has 1 aromatic carbocycles. The second kappa shape index (κ2) is 4.96. The van der Waals surface area contributed by atoms with Crippen LogP contribution in [0.2, 0.25) is 5.02 Å². The van der Waals surface area contributed by atoms with E-state index in [4.69, 9.17) is 21.8 Å². The van der Waals surface area contributed by atoms with E-state index in [0.717, 1.165) is 0 Å². The van der Waals surface area contributed by atoms with Crippen LogP contribution in [-0.4, -0.2) is 35.2 Å². The van der Waals surface area contributed by atoms with E-state index in [1.165, 1.54) is 23.1 Å². The molecular weight excluding hydrogens is 258 g/mol. The van der Waals surface area contributed by atoms with E-state index < -0.39 is 5.97 Å². The van der Waals surface area contributed by atoms with E-state index in [-0.39, 0.29) is 35.4 Å². The lowest BCUT2D eigenvalue weighted by Crippen LogP contribution is -2.25. The van der Waals surface area contributed by atoms with Crippen LogP contribution in [-0.2, 0) is 4.79 Å². The van der Waals surface area contributed by atoms with Gasteiger partial charge < -0.3 is 15.1 Å². The molecule has 2 N–H and O–H groups in total. The summed E-state index contributed by atoms with van der Waals surface area (Å²) in [6, 6.07) is 4.24. The minimum absolute atomic E-state index is 0.0485. The number of halogens is 1. The zero-order valence-electron chi connectivity index (χ0n) is 9.47. The van der Waals surface area contributed by atoms with E-state index in [1.807, 2.05) is 0 Å². The van der Waals surface area contributed by atoms with Crippen LogP contribution in [0.25, 0.3) is 0 Å². The molecule has 6 heteroatoms. The lowest BCUT2D eigenvalue weighted by Gasteiger charge is -2.18. The Morgan fingerprint density at radius 1 is 1.50 bits per heavy atom. The summed E-state index contributed by atoms with van der Waals surface area (Å²) in [6.07, 6.45) is 0.285. The molecule has 1 saturated heterocycles. The van der Waals surface area contributed by atoms with Crippen molar-refractivity contribution in [2.75, 3.05) is 18.1 Å². The summed E-state index contributed by atoms with van der Waals surface area (Å²) >= 11 is 5.99. The number of aliphatic hydroxyl groups excluding tert-OH is 1. The van der Waals surface area contributed by atoms with Crippen molar-refractivity contribution in [1.82, 2.24) is 0 Å². The van der Waals surface area contributed by atoms with E-state index in [0.29, 0.717) is 12.2 Å². The number of carboxylic acids is 1. The maximum Gasteiger partial charge on any atom is 0.335 e. The molecule has 0 aliphatic carbocycles. The molecule has 18 heavy (non-hydrogen) atoms. The maximum atomic E-state index is 11.8. The normalized spacial score (nSPS) is 19.3. The molecule has 0 spiro atoms. The molecule has 0 radical (unpaired) electrons. The van der Waals surface area contributed by atoms with Gasteiger partial charge in [-0.15, -0.1) is 0 Å². The largest absolute Gasteiger partial charge is 0.478 e. The zero-order valence-corrected chi connectivity index (χ0v) is 10.2. The molecule has 1 aliphatic heterocycles. The fourth-order valence-corrected chi connectivity index (χ4v) is 2.28. The van der Waals surface area contributed by atoms with Gasteiger partial charge in [-0.05, 0) is 18.2 Å². The number of amides is 1. The predicted molar refractivity (Wildman–Crippen MR) is 66.0 cm³/mol. The van der Waals surface area contributed by atoms with Gasteiger partial charge in [-0.25, -0.2) is 4.79 Å². The van der Waals surface area contributed by atoms with Crippen LogP contribution in [0.1, 0.15) is 16.8 Å². The number of aliphatic hydroxyl groups is 1. The lowest BCUT2D eigenvalue weighted by molar-refractivity contribution is -0.117. The summed E-state index contributed by atoms with van der Waals surface area (Å²) in [7, 11) is 0. The van der Waals surface area contributed by atoms with Crippen molar-refractivity contribution in [3.8, 4) is 0 Å². The van der Waals surface area contributed by atoms with Crippen LogP contribution < -0.4 is 4.90 Å². The summed E-state index contributed by atoms with van der Waals surface area (Å²) in [4.78, 5) is 24.0. The predicted octanol–water partition coefficient (Wildman–Crippen LogP) is 1.38. The van der Waals surface area contributed by atoms with Crippen LogP contribution >= 0.6 is 11.6 Å². The topological polar surface area (TPSA) is 77.8 Å². The molecule has 1 atom stereocenters. The number of rotatable bonds is 3. The number of hydrogen-bond acceptors (Lipinski definition) is 3. The highest BCUT2D eigenvalue weighted by Gasteiger charge is 2.31. The number of carbonyl (C=O) groups is 2. The first-order chi connectivity index (χ1) is 8.52. The van der Waals surface area contributed by atoms with Crippen molar-refractivity contribution >= 4 is 29.2 Å². The molecule has 1 heterocycles. The van der Waals surface area contributed by atoms with Crippen molar-refractivity contribution in [3.63, 3.8) is 0 Å². The van der Waals surface area contributed by atoms with E-state index in [1.54, 1.807) is 0 Å². The average molecular weight is 270 g/mol. The number of nitrogens with zero attached hydrogens (tertiary/aromatic N) is 1. The van der Waals surface area contributed by atoms with E-state index >= 15 is 0 Å². The summed E-state index contributed by atoms with van der Waals surface area (Å²) in [6.45, 7) is 0.356. The molecule has 1 fully saturated rings. The fraction of sp³-hybridized carbons (Fsp3) is 0.333. The number of aromatic carboxylic acids is 1. The highest BCUT2D eigenvalue weighted by atomic mass is 35.5. The highest BCUT2D eigenvalue weighted by molar-refractivity contribution is 6.34. The smallest absolute Gasteiger partial charge is 0.335 e. The summed E-state index contributed by atoms with van der Waals surface area (Å²) in [5.41, 5.74) is 0.566. The van der Waals surface area contributed by atoms with E-state index in [9.17, 15) is 9.59 Å². The molecule has 1 aliphatic rings. The van der Waals surface area contributed by atoms with Gasteiger partial charge in [0.15, 0.2) is 0 Å². The highest BCUT2D eigenvalue weighted by Crippen LogP contribution is 2.31. The molecule has 5 nitrogen and oxygen atoms in total. The van der Waals surface area contributed by atoms with Gasteiger partial charge in [0.05, 0.1) is 16.3 Å². The second-order valence-corrected chi connectivity index (χ2v) is 4.64. The Balaban J connectivity index is 2.29. The molecule has 2 rings (SSSR count). The minimum atomic E-state index is -1.07. The zero-order chi connectivity index (χ0) is 13.3. The number of hydrogen-bond donors (Lipinski definition) is 2. The van der Waals surface area contributed by atoms with Crippen LogP contribution in [0.4, 0.5) is 5.69 Å². The Morgan fingerprint density at radius 2 is 2.22 bits per heavy atom. The third-order valence-corrected chi connectivity index (χ3v) is 3.25. The third kappa shape index (κ3) is 2.32. The maximum absolute atomic E-state index is 11.8. The second-order valence-electron chi connectivity index (χ2n) is 4.23. The van der Waals surface area contributed by atoms with Gasteiger partial charge >= 0.3 is 5.97 Å². The lowest BCUT2D eigenvalue weighted by atomic mass is 10.1. The van der Waals surface area contributed by atoms with Crippen molar-refractivity contribution in [2.45, 2.75) is 6.42 Å². The SMILES string of the molecule is O=C(O)c1ccc(N2CC(CO)CC2=O)c(Cl)c1. The molecule has 1 amide bonds. The molecule has 0 bridgehead atoms. The Labute approximate surface area is 109 Å². The summed E-state index contributed by atoms with van der Waals surface area (Å²) < 4.78 is 0. The molecule has 96 valence electrons. The van der Waals surface area contributed by atoms with Gasteiger partial charge in [-0.2, -0.15) is 0 Å². The fourth-order valence-electron chi connectivity index (χ4n) is 2.00. The van der Waals surface area contributed by atoms with Crippen LogP contribution in [0.3, 0.4) is 0 Å². The summed E-state index contributed by atoms with van der Waals surface area (Å²) in [5, 5.41) is 18.1.